The third-order valence-corrected chi connectivity index (χ3v) is 9.02. The molecule has 0 aromatic rings. The number of carbonyl (C=O) groups is 2. The fraction of sp³-hybridized carbons (Fsp3) is 0.745. The van der Waals surface area contributed by atoms with Crippen molar-refractivity contribution in [1.29, 1.82) is 0 Å². The molecule has 0 aromatic heterocycles. The van der Waals surface area contributed by atoms with Gasteiger partial charge in [-0.2, -0.15) is 0 Å². The SMILES string of the molecule is CC/C=C\C/C=C\C/C=C\CCCCCCCCCC(=O)OCC(COCCCCCCCC)OC(=O)CCCCCCC/C=C\C/C=C\CCC. The Morgan fingerprint density at radius 2 is 0.904 bits per heavy atom. The lowest BCUT2D eigenvalue weighted by Crippen LogP contribution is -2.30. The summed E-state index contributed by atoms with van der Waals surface area (Å²) in [6, 6.07) is 0. The lowest BCUT2D eigenvalue weighted by Gasteiger charge is -2.18. The largest absolute Gasteiger partial charge is 0.462 e. The van der Waals surface area contributed by atoms with Gasteiger partial charge in [0.05, 0.1) is 6.61 Å². The average Bonchev–Trinajstić information content (AvgIpc) is 3.14. The highest BCUT2D eigenvalue weighted by Crippen LogP contribution is 2.13. The van der Waals surface area contributed by atoms with E-state index in [1.54, 1.807) is 0 Å². The molecule has 5 heteroatoms. The molecule has 0 spiro atoms. The third kappa shape index (κ3) is 40.4. The van der Waals surface area contributed by atoms with Crippen LogP contribution in [-0.2, 0) is 23.8 Å². The summed E-state index contributed by atoms with van der Waals surface area (Å²) in [5, 5.41) is 0. The second-order valence-electron chi connectivity index (χ2n) is 14.2. The van der Waals surface area contributed by atoms with Crippen molar-refractivity contribution in [2.75, 3.05) is 19.8 Å². The summed E-state index contributed by atoms with van der Waals surface area (Å²) in [6.45, 7) is 7.58. The van der Waals surface area contributed by atoms with Crippen molar-refractivity contribution in [1.82, 2.24) is 0 Å². The topological polar surface area (TPSA) is 61.8 Å². The van der Waals surface area contributed by atoms with Gasteiger partial charge in [-0.3, -0.25) is 9.59 Å². The molecule has 0 aliphatic rings. The summed E-state index contributed by atoms with van der Waals surface area (Å²) in [5.41, 5.74) is 0. The number of unbranched alkanes of at least 4 members (excludes halogenated alkanes) is 18. The Morgan fingerprint density at radius 1 is 0.442 bits per heavy atom. The molecule has 0 aliphatic heterocycles. The maximum atomic E-state index is 12.6. The number of ether oxygens (including phenoxy) is 3. The van der Waals surface area contributed by atoms with E-state index in [-0.39, 0.29) is 25.2 Å². The highest BCUT2D eigenvalue weighted by Gasteiger charge is 2.17. The van der Waals surface area contributed by atoms with E-state index in [9.17, 15) is 9.59 Å². The molecule has 0 saturated heterocycles. The average molecular weight is 727 g/mol. The van der Waals surface area contributed by atoms with Gasteiger partial charge in [0, 0.05) is 19.4 Å². The van der Waals surface area contributed by atoms with E-state index < -0.39 is 6.10 Å². The van der Waals surface area contributed by atoms with E-state index in [1.807, 2.05) is 0 Å². The predicted molar refractivity (Wildman–Crippen MR) is 224 cm³/mol. The first-order chi connectivity index (χ1) is 25.6. The van der Waals surface area contributed by atoms with Crippen molar-refractivity contribution in [2.45, 2.75) is 207 Å². The van der Waals surface area contributed by atoms with E-state index >= 15 is 0 Å². The Labute approximate surface area is 322 Å². The van der Waals surface area contributed by atoms with Gasteiger partial charge in [-0.25, -0.2) is 0 Å². The Morgan fingerprint density at radius 3 is 1.46 bits per heavy atom. The number of hydrogen-bond donors (Lipinski definition) is 0. The van der Waals surface area contributed by atoms with Crippen LogP contribution in [0.4, 0.5) is 0 Å². The zero-order valence-electron chi connectivity index (χ0n) is 34.3. The molecule has 1 unspecified atom stereocenters. The van der Waals surface area contributed by atoms with Crippen molar-refractivity contribution >= 4 is 11.9 Å². The van der Waals surface area contributed by atoms with Crippen LogP contribution in [0.2, 0.25) is 0 Å². The van der Waals surface area contributed by atoms with Gasteiger partial charge >= 0.3 is 11.9 Å². The van der Waals surface area contributed by atoms with Crippen LogP contribution in [0.5, 0.6) is 0 Å². The van der Waals surface area contributed by atoms with Crippen LogP contribution in [0.3, 0.4) is 0 Å². The standard InChI is InChI=1S/C47H82O5/c1-4-7-10-13-16-18-20-22-23-24-25-27-28-30-32-34-37-40-46(48)51-44-45(43-50-42-39-36-15-12-9-6-3)52-47(49)41-38-35-33-31-29-26-21-19-17-14-11-8-5-2/h7,10-11,14,16,18-19,21-23,45H,4-6,8-9,12-13,15,17,20,24-44H2,1-3H3/b10-7-,14-11-,18-16-,21-19-,23-22-. The summed E-state index contributed by atoms with van der Waals surface area (Å²) in [5.74, 6) is -0.429. The molecule has 0 radical (unpaired) electrons. The first-order valence-corrected chi connectivity index (χ1v) is 21.8. The van der Waals surface area contributed by atoms with Gasteiger partial charge < -0.3 is 14.2 Å². The monoisotopic (exact) mass is 727 g/mol. The van der Waals surface area contributed by atoms with Crippen molar-refractivity contribution in [3.05, 3.63) is 60.8 Å². The molecule has 300 valence electrons. The third-order valence-electron chi connectivity index (χ3n) is 9.02. The second kappa shape index (κ2) is 43.0. The van der Waals surface area contributed by atoms with Crippen molar-refractivity contribution in [2.24, 2.45) is 0 Å². The Hall–Kier alpha value is -2.40. The molecule has 0 bridgehead atoms. The normalized spacial score (nSPS) is 12.8. The zero-order chi connectivity index (χ0) is 37.8. The van der Waals surface area contributed by atoms with E-state index in [0.29, 0.717) is 19.4 Å². The number of allylic oxidation sites excluding steroid dienone is 10. The molecule has 0 heterocycles. The summed E-state index contributed by atoms with van der Waals surface area (Å²) in [4.78, 5) is 25.1. The molecule has 0 saturated carbocycles. The maximum absolute atomic E-state index is 12.6. The van der Waals surface area contributed by atoms with Crippen LogP contribution in [0.15, 0.2) is 60.8 Å². The number of esters is 2. The minimum atomic E-state index is -0.542. The lowest BCUT2D eigenvalue weighted by atomic mass is 10.1. The molecule has 0 aromatic carbocycles. The van der Waals surface area contributed by atoms with E-state index in [2.05, 4.69) is 81.5 Å². The Kier molecular flexibility index (Phi) is 41.0. The van der Waals surface area contributed by atoms with Crippen LogP contribution in [0.1, 0.15) is 201 Å². The van der Waals surface area contributed by atoms with Crippen molar-refractivity contribution in [3.63, 3.8) is 0 Å². The molecule has 0 amide bonds. The van der Waals surface area contributed by atoms with Crippen molar-refractivity contribution in [3.8, 4) is 0 Å². The van der Waals surface area contributed by atoms with Crippen LogP contribution >= 0.6 is 0 Å². The maximum Gasteiger partial charge on any atom is 0.306 e. The number of carbonyl (C=O) groups excluding carboxylic acids is 2. The molecule has 1 atom stereocenters. The van der Waals surface area contributed by atoms with Crippen molar-refractivity contribution < 1.29 is 23.8 Å². The Bertz CT molecular complexity index is 915. The van der Waals surface area contributed by atoms with Gasteiger partial charge in [0.15, 0.2) is 6.10 Å². The van der Waals surface area contributed by atoms with E-state index in [0.717, 1.165) is 89.9 Å². The number of rotatable bonds is 39. The highest BCUT2D eigenvalue weighted by molar-refractivity contribution is 5.70. The minimum absolute atomic E-state index is 0.0734. The van der Waals surface area contributed by atoms with Crippen LogP contribution in [0.25, 0.3) is 0 Å². The summed E-state index contributed by atoms with van der Waals surface area (Å²) in [7, 11) is 0. The fourth-order valence-corrected chi connectivity index (χ4v) is 5.80. The summed E-state index contributed by atoms with van der Waals surface area (Å²) < 4.78 is 17.2. The first-order valence-electron chi connectivity index (χ1n) is 21.8. The van der Waals surface area contributed by atoms with E-state index in [1.165, 1.54) is 77.0 Å². The quantitative estimate of drug-likeness (QED) is 0.0358. The first kappa shape index (κ1) is 49.6. The molecule has 0 fully saturated rings. The van der Waals surface area contributed by atoms with E-state index in [4.69, 9.17) is 14.2 Å². The van der Waals surface area contributed by atoms with Gasteiger partial charge in [-0.05, 0) is 77.0 Å². The van der Waals surface area contributed by atoms with Crippen LogP contribution < -0.4 is 0 Å². The van der Waals surface area contributed by atoms with Gasteiger partial charge in [0.25, 0.3) is 0 Å². The summed E-state index contributed by atoms with van der Waals surface area (Å²) >= 11 is 0. The van der Waals surface area contributed by atoms with Gasteiger partial charge in [-0.15, -0.1) is 0 Å². The smallest absolute Gasteiger partial charge is 0.306 e. The molecular formula is C47H82O5. The molecule has 5 nitrogen and oxygen atoms in total. The molecule has 0 rings (SSSR count). The van der Waals surface area contributed by atoms with Gasteiger partial charge in [0.1, 0.15) is 6.61 Å². The lowest BCUT2D eigenvalue weighted by molar-refractivity contribution is -0.163. The molecule has 0 aliphatic carbocycles. The highest BCUT2D eigenvalue weighted by atomic mass is 16.6. The fourth-order valence-electron chi connectivity index (χ4n) is 5.80. The second-order valence-corrected chi connectivity index (χ2v) is 14.2. The van der Waals surface area contributed by atoms with Gasteiger partial charge in [0.2, 0.25) is 0 Å². The molecule has 52 heavy (non-hydrogen) atoms. The molecule has 0 N–H and O–H groups in total. The van der Waals surface area contributed by atoms with Crippen LogP contribution in [0, 0.1) is 0 Å². The Balaban J connectivity index is 4.15. The zero-order valence-corrected chi connectivity index (χ0v) is 34.3. The summed E-state index contributed by atoms with van der Waals surface area (Å²) in [6.07, 6.45) is 52.2. The molecular weight excluding hydrogens is 645 g/mol. The number of hydrogen-bond acceptors (Lipinski definition) is 5. The van der Waals surface area contributed by atoms with Crippen LogP contribution in [-0.4, -0.2) is 37.9 Å². The predicted octanol–water partition coefficient (Wildman–Crippen LogP) is 14.2. The van der Waals surface area contributed by atoms with Gasteiger partial charge in [-0.1, -0.05) is 171 Å². The minimum Gasteiger partial charge on any atom is -0.462 e.